The van der Waals surface area contributed by atoms with Crippen LogP contribution < -0.4 is 10.5 Å². The number of carbonyl (C=O) groups is 2. The number of aryl methyl sites for hydroxylation is 1. The van der Waals surface area contributed by atoms with Crippen molar-refractivity contribution >= 4 is 12.0 Å². The predicted octanol–water partition coefficient (Wildman–Crippen LogP) is 4.20. The van der Waals surface area contributed by atoms with E-state index in [1.165, 1.54) is 0 Å². The van der Waals surface area contributed by atoms with Crippen LogP contribution in [0.2, 0.25) is 0 Å². The second-order valence-corrected chi connectivity index (χ2v) is 10.2. The fourth-order valence-electron chi connectivity index (χ4n) is 4.74. The van der Waals surface area contributed by atoms with Gasteiger partial charge in [0.1, 0.15) is 18.0 Å². The van der Waals surface area contributed by atoms with Crippen molar-refractivity contribution in [2.45, 2.75) is 52.2 Å². The summed E-state index contributed by atoms with van der Waals surface area (Å²) < 4.78 is 17.2. The lowest BCUT2D eigenvalue weighted by Crippen LogP contribution is -2.70. The van der Waals surface area contributed by atoms with Crippen LogP contribution in [-0.2, 0) is 26.3 Å². The molecule has 0 aromatic heterocycles. The largest absolute Gasteiger partial charge is 0.497 e. The van der Waals surface area contributed by atoms with Crippen LogP contribution >= 0.6 is 0 Å². The van der Waals surface area contributed by atoms with Crippen LogP contribution in [0.1, 0.15) is 44.4 Å². The van der Waals surface area contributed by atoms with Crippen LogP contribution in [0.25, 0.3) is 0 Å². The molecule has 2 aromatic carbocycles. The van der Waals surface area contributed by atoms with E-state index >= 15 is 0 Å². The number of nitrogens with zero attached hydrogens (tertiary/aromatic N) is 1. The molecule has 3 rings (SSSR count). The van der Waals surface area contributed by atoms with Gasteiger partial charge in [0.25, 0.3) is 5.91 Å². The van der Waals surface area contributed by atoms with Crippen molar-refractivity contribution in [3.63, 3.8) is 0 Å². The average Bonchev–Trinajstić information content (AvgIpc) is 2.80. The first-order valence-corrected chi connectivity index (χ1v) is 12.0. The Bertz CT molecular complexity index is 1150. The number of amides is 2. The Kier molecular flexibility index (Phi) is 8.00. The number of hydrogen-bond acceptors (Lipinski definition) is 5. The number of ether oxygens (including phenoxy) is 3. The monoisotopic (exact) mass is 492 g/mol. The summed E-state index contributed by atoms with van der Waals surface area (Å²) in [5, 5.41) is 0. The van der Waals surface area contributed by atoms with Crippen LogP contribution in [0.15, 0.2) is 48.5 Å². The number of likely N-dealkylation sites (tertiary alicyclic amines) is 1. The Balaban J connectivity index is 1.97. The van der Waals surface area contributed by atoms with Gasteiger partial charge >= 0.3 is 6.09 Å². The summed E-state index contributed by atoms with van der Waals surface area (Å²) in [5.41, 5.74) is 5.46. The van der Waals surface area contributed by atoms with Gasteiger partial charge in [0, 0.05) is 11.8 Å². The van der Waals surface area contributed by atoms with E-state index in [0.717, 1.165) is 16.7 Å². The number of carbonyl (C=O) groups excluding carboxylic acids is 2. The zero-order valence-electron chi connectivity index (χ0n) is 22.0. The van der Waals surface area contributed by atoms with Gasteiger partial charge in [0.15, 0.2) is 0 Å². The number of rotatable bonds is 8. The number of primary amides is 1. The molecular formula is C29H36N2O5. The summed E-state index contributed by atoms with van der Waals surface area (Å²) in [6.07, 6.45) is -0.829. The molecule has 1 saturated heterocycles. The van der Waals surface area contributed by atoms with Crippen molar-refractivity contribution in [2.75, 3.05) is 26.8 Å². The first-order chi connectivity index (χ1) is 17.0. The molecule has 1 heterocycles. The zero-order valence-corrected chi connectivity index (χ0v) is 22.0. The van der Waals surface area contributed by atoms with Crippen LogP contribution in [-0.4, -0.2) is 49.3 Å². The summed E-state index contributed by atoms with van der Waals surface area (Å²) >= 11 is 0. The molecule has 1 fully saturated rings. The van der Waals surface area contributed by atoms with Crippen LogP contribution in [0.4, 0.5) is 4.79 Å². The Morgan fingerprint density at radius 1 is 1.08 bits per heavy atom. The van der Waals surface area contributed by atoms with Gasteiger partial charge in [-0.3, -0.25) is 4.79 Å². The van der Waals surface area contributed by atoms with E-state index in [4.69, 9.17) is 19.9 Å². The van der Waals surface area contributed by atoms with Crippen LogP contribution in [0.5, 0.6) is 5.75 Å². The number of hydrogen-bond donors (Lipinski definition) is 1. The highest BCUT2D eigenvalue weighted by Gasteiger charge is 2.59. The second kappa shape index (κ2) is 10.6. The third-order valence-corrected chi connectivity index (χ3v) is 6.86. The maximum Gasteiger partial charge on any atom is 0.405 e. The highest BCUT2D eigenvalue weighted by atomic mass is 16.6. The zero-order chi connectivity index (χ0) is 26.6. The first kappa shape index (κ1) is 27.1. The van der Waals surface area contributed by atoms with Gasteiger partial charge in [-0.15, -0.1) is 5.92 Å². The van der Waals surface area contributed by atoms with Gasteiger partial charge in [-0.25, -0.2) is 4.79 Å². The van der Waals surface area contributed by atoms with E-state index in [1.54, 1.807) is 18.9 Å². The molecule has 1 atom stereocenters. The number of nitrogens with two attached hydrogens (primary N) is 1. The van der Waals surface area contributed by atoms with E-state index in [-0.39, 0.29) is 18.9 Å². The highest BCUT2D eigenvalue weighted by molar-refractivity contribution is 5.90. The Morgan fingerprint density at radius 2 is 1.72 bits per heavy atom. The minimum Gasteiger partial charge on any atom is -0.497 e. The summed E-state index contributed by atoms with van der Waals surface area (Å²) in [6.45, 7) is 10.3. The highest BCUT2D eigenvalue weighted by Crippen LogP contribution is 2.44. The number of benzene rings is 2. The minimum absolute atomic E-state index is 0.165. The molecule has 0 bridgehead atoms. The molecule has 36 heavy (non-hydrogen) atoms. The van der Waals surface area contributed by atoms with Gasteiger partial charge in [-0.1, -0.05) is 63.1 Å². The molecule has 7 heteroatoms. The SMILES string of the molecule is CC#CCOC1(c2ccccc2C)CN(C(=O)[C@](Cc2ccc(OC)cc2)(OC(N)=O)C(C)(C)C)C1. The molecule has 2 N–H and O–H groups in total. The van der Waals surface area contributed by atoms with Crippen LogP contribution in [0, 0.1) is 24.2 Å². The van der Waals surface area contributed by atoms with E-state index in [1.807, 2.05) is 76.2 Å². The summed E-state index contributed by atoms with van der Waals surface area (Å²) in [4.78, 5) is 28.0. The molecule has 1 aliphatic heterocycles. The lowest BCUT2D eigenvalue weighted by atomic mass is 9.70. The van der Waals surface area contributed by atoms with Crippen LogP contribution in [0.3, 0.4) is 0 Å². The van der Waals surface area contributed by atoms with Gasteiger partial charge < -0.3 is 24.8 Å². The molecule has 2 aromatic rings. The smallest absolute Gasteiger partial charge is 0.405 e. The quantitative estimate of drug-likeness (QED) is 0.558. The third-order valence-electron chi connectivity index (χ3n) is 6.86. The van der Waals surface area contributed by atoms with E-state index in [9.17, 15) is 9.59 Å². The fraction of sp³-hybridized carbons (Fsp3) is 0.448. The molecule has 192 valence electrons. The standard InChI is InChI=1S/C29H36N2O5/c1-7-8-17-35-28(24-12-10-9-11-21(24)2)19-31(20-28)25(32)29(27(3,4)5,36-26(30)33)18-22-13-15-23(34-6)16-14-22/h9-16H,17-20H2,1-6H3,(H2,30,33)/t29-/m0/s1. The third kappa shape index (κ3) is 5.34. The molecule has 2 amide bonds. The van der Waals surface area contributed by atoms with Crippen molar-refractivity contribution in [3.8, 4) is 17.6 Å². The van der Waals surface area contributed by atoms with E-state index in [0.29, 0.717) is 18.8 Å². The first-order valence-electron chi connectivity index (χ1n) is 12.0. The molecule has 1 aliphatic rings. The van der Waals surface area contributed by atoms with Gasteiger partial charge in [0.05, 0.1) is 20.2 Å². The normalized spacial score (nSPS) is 16.1. The van der Waals surface area contributed by atoms with E-state index in [2.05, 4.69) is 11.8 Å². The maximum absolute atomic E-state index is 14.2. The second-order valence-electron chi connectivity index (χ2n) is 10.2. The molecule has 0 spiro atoms. The van der Waals surface area contributed by atoms with Crippen molar-refractivity contribution in [2.24, 2.45) is 11.1 Å². The van der Waals surface area contributed by atoms with E-state index < -0.39 is 22.7 Å². The summed E-state index contributed by atoms with van der Waals surface area (Å²) in [7, 11) is 1.59. The predicted molar refractivity (Wildman–Crippen MR) is 138 cm³/mol. The molecule has 0 aliphatic carbocycles. The van der Waals surface area contributed by atoms with Crippen molar-refractivity contribution in [1.29, 1.82) is 0 Å². The summed E-state index contributed by atoms with van der Waals surface area (Å²) in [5.74, 6) is 6.20. The average molecular weight is 493 g/mol. The molecule has 0 radical (unpaired) electrons. The molecule has 0 saturated carbocycles. The Morgan fingerprint density at radius 3 is 2.25 bits per heavy atom. The molecular weight excluding hydrogens is 456 g/mol. The number of methoxy groups -OCH3 is 1. The van der Waals surface area contributed by atoms with Gasteiger partial charge in [-0.2, -0.15) is 0 Å². The van der Waals surface area contributed by atoms with Gasteiger partial charge in [-0.05, 0) is 42.7 Å². The molecule has 7 nitrogen and oxygen atoms in total. The lowest BCUT2D eigenvalue weighted by molar-refractivity contribution is -0.193. The lowest BCUT2D eigenvalue weighted by Gasteiger charge is -2.54. The van der Waals surface area contributed by atoms with Crippen molar-refractivity contribution in [1.82, 2.24) is 4.90 Å². The summed E-state index contributed by atoms with van der Waals surface area (Å²) in [6, 6.07) is 15.3. The maximum atomic E-state index is 14.2. The molecule has 0 unspecified atom stereocenters. The van der Waals surface area contributed by atoms with Gasteiger partial charge in [0.2, 0.25) is 5.60 Å². The Labute approximate surface area is 213 Å². The Hall–Kier alpha value is -3.50. The van der Waals surface area contributed by atoms with Crippen molar-refractivity contribution in [3.05, 3.63) is 65.2 Å². The fourth-order valence-corrected chi connectivity index (χ4v) is 4.74. The topological polar surface area (TPSA) is 91.1 Å². The van der Waals surface area contributed by atoms with Crippen molar-refractivity contribution < 1.29 is 23.8 Å². The minimum atomic E-state index is -1.52.